The van der Waals surface area contributed by atoms with E-state index in [1.807, 2.05) is 36.4 Å². The lowest BCUT2D eigenvalue weighted by Gasteiger charge is -2.32. The van der Waals surface area contributed by atoms with Crippen molar-refractivity contribution < 1.29 is 19.7 Å². The lowest BCUT2D eigenvalue weighted by atomic mass is 9.77. The third-order valence-corrected chi connectivity index (χ3v) is 7.52. The maximum absolute atomic E-state index is 12.0. The summed E-state index contributed by atoms with van der Waals surface area (Å²) in [6.07, 6.45) is 4.28. The number of fused-ring (bicyclic) bond motifs is 1. The van der Waals surface area contributed by atoms with Crippen LogP contribution in [0.1, 0.15) is 54.9 Å². The van der Waals surface area contributed by atoms with Crippen molar-refractivity contribution in [3.63, 3.8) is 0 Å². The lowest BCUT2D eigenvalue weighted by molar-refractivity contribution is -0.143. The van der Waals surface area contributed by atoms with Crippen LogP contribution >= 0.6 is 0 Å². The Morgan fingerprint density at radius 1 is 0.939 bits per heavy atom. The van der Waals surface area contributed by atoms with Gasteiger partial charge in [-0.05, 0) is 54.0 Å². The highest BCUT2D eigenvalue weighted by Gasteiger charge is 2.43. The molecule has 0 radical (unpaired) electrons. The van der Waals surface area contributed by atoms with Crippen molar-refractivity contribution in [1.82, 2.24) is 0 Å². The number of aliphatic carboxylic acids is 1. The molecule has 2 atom stereocenters. The third kappa shape index (κ3) is 4.16. The average molecular weight is 443 g/mol. The number of ether oxygens (including phenoxy) is 1. The molecule has 3 aromatic rings. The van der Waals surface area contributed by atoms with Crippen LogP contribution < -0.4 is 4.74 Å². The molecular weight excluding hydrogens is 412 g/mol. The van der Waals surface area contributed by atoms with Crippen molar-refractivity contribution in [3.8, 4) is 16.9 Å². The first kappa shape index (κ1) is 21.7. The van der Waals surface area contributed by atoms with E-state index in [2.05, 4.69) is 36.4 Å². The fourth-order valence-corrected chi connectivity index (χ4v) is 5.44. The number of hydrogen-bond acceptors (Lipinski definition) is 3. The molecule has 2 N–H and O–H groups in total. The average Bonchev–Trinajstić information content (AvgIpc) is 3.36. The predicted octanol–water partition coefficient (Wildman–Crippen LogP) is 5.92. The van der Waals surface area contributed by atoms with Gasteiger partial charge in [0.25, 0.3) is 0 Å². The van der Waals surface area contributed by atoms with Gasteiger partial charge in [0.05, 0.1) is 18.1 Å². The molecule has 3 aromatic carbocycles. The molecule has 1 fully saturated rings. The highest BCUT2D eigenvalue weighted by Crippen LogP contribution is 2.45. The first-order valence-electron chi connectivity index (χ1n) is 11.9. The minimum Gasteiger partial charge on any atom is -0.493 e. The molecule has 4 heteroatoms. The Labute approximate surface area is 194 Å². The molecule has 0 saturated heterocycles. The minimum atomic E-state index is -0.813. The number of aryl methyl sites for hydroxylation is 1. The molecule has 0 unspecified atom stereocenters. The highest BCUT2D eigenvalue weighted by atomic mass is 16.5. The van der Waals surface area contributed by atoms with E-state index in [9.17, 15) is 15.0 Å². The van der Waals surface area contributed by atoms with Crippen LogP contribution in [0.25, 0.3) is 11.1 Å². The van der Waals surface area contributed by atoms with Crippen LogP contribution in [0.3, 0.4) is 0 Å². The smallest absolute Gasteiger partial charge is 0.314 e. The number of aliphatic hydroxyl groups is 1. The molecule has 1 aliphatic carbocycles. The van der Waals surface area contributed by atoms with E-state index in [0.29, 0.717) is 25.2 Å². The van der Waals surface area contributed by atoms with E-state index in [-0.39, 0.29) is 5.92 Å². The summed E-state index contributed by atoms with van der Waals surface area (Å²) in [5.74, 6) is -0.111. The summed E-state index contributed by atoms with van der Waals surface area (Å²) in [5, 5.41) is 20.9. The maximum Gasteiger partial charge on any atom is 0.314 e. The summed E-state index contributed by atoms with van der Waals surface area (Å²) < 4.78 is 6.04. The Morgan fingerprint density at radius 3 is 2.33 bits per heavy atom. The minimum absolute atomic E-state index is 0.0112. The fraction of sp³-hybridized carbons (Fsp3) is 0.345. The Hall–Kier alpha value is -3.11. The first-order valence-corrected chi connectivity index (χ1v) is 11.9. The number of benzene rings is 3. The van der Waals surface area contributed by atoms with Crippen LogP contribution in [0.4, 0.5) is 0 Å². The van der Waals surface area contributed by atoms with E-state index in [0.717, 1.165) is 36.8 Å². The van der Waals surface area contributed by atoms with Gasteiger partial charge in [-0.3, -0.25) is 4.79 Å². The Morgan fingerprint density at radius 2 is 1.64 bits per heavy atom. The van der Waals surface area contributed by atoms with Crippen molar-refractivity contribution in [2.75, 3.05) is 6.61 Å². The maximum atomic E-state index is 12.0. The van der Waals surface area contributed by atoms with Crippen LogP contribution in [0.15, 0.2) is 72.8 Å². The molecule has 4 nitrogen and oxygen atoms in total. The molecule has 5 rings (SSSR count). The second-order valence-corrected chi connectivity index (χ2v) is 9.46. The van der Waals surface area contributed by atoms with Crippen LogP contribution in [0.5, 0.6) is 5.75 Å². The van der Waals surface area contributed by atoms with Gasteiger partial charge in [0.2, 0.25) is 0 Å². The molecule has 0 bridgehead atoms. The monoisotopic (exact) mass is 442 g/mol. The van der Waals surface area contributed by atoms with Gasteiger partial charge in [-0.1, -0.05) is 79.6 Å². The number of carbonyl (C=O) groups is 1. The van der Waals surface area contributed by atoms with Crippen molar-refractivity contribution in [2.24, 2.45) is 5.92 Å². The van der Waals surface area contributed by atoms with Gasteiger partial charge in [-0.15, -0.1) is 0 Å². The second-order valence-electron chi connectivity index (χ2n) is 9.46. The van der Waals surface area contributed by atoms with E-state index in [1.54, 1.807) is 0 Å². The van der Waals surface area contributed by atoms with Gasteiger partial charge in [0.15, 0.2) is 0 Å². The number of carboxylic acids is 1. The van der Waals surface area contributed by atoms with E-state index in [1.165, 1.54) is 16.7 Å². The molecule has 33 heavy (non-hydrogen) atoms. The van der Waals surface area contributed by atoms with Gasteiger partial charge >= 0.3 is 5.97 Å². The molecular formula is C29H30O4. The first-order chi connectivity index (χ1) is 16.1. The van der Waals surface area contributed by atoms with Crippen LogP contribution in [0.2, 0.25) is 0 Å². The summed E-state index contributed by atoms with van der Waals surface area (Å²) in [5.41, 5.74) is 4.41. The Bertz CT molecular complexity index is 1110. The van der Waals surface area contributed by atoms with E-state index < -0.39 is 17.5 Å². The summed E-state index contributed by atoms with van der Waals surface area (Å²) in [4.78, 5) is 12.0. The van der Waals surface area contributed by atoms with Crippen LogP contribution in [-0.4, -0.2) is 22.8 Å². The summed E-state index contributed by atoms with van der Waals surface area (Å²) in [6, 6.07) is 24.6. The zero-order valence-electron chi connectivity index (χ0n) is 18.7. The highest BCUT2D eigenvalue weighted by molar-refractivity contribution is 5.82. The van der Waals surface area contributed by atoms with Crippen molar-refractivity contribution >= 4 is 5.97 Å². The molecule has 0 amide bonds. The summed E-state index contributed by atoms with van der Waals surface area (Å²) >= 11 is 0. The molecule has 2 aliphatic rings. The van der Waals surface area contributed by atoms with Gasteiger partial charge in [-0.2, -0.15) is 0 Å². The predicted molar refractivity (Wildman–Crippen MR) is 128 cm³/mol. The topological polar surface area (TPSA) is 66.8 Å². The van der Waals surface area contributed by atoms with Gasteiger partial charge < -0.3 is 14.9 Å². The largest absolute Gasteiger partial charge is 0.493 e. The number of carboxylic acid groups (broad SMARTS) is 1. The standard InChI is InChI=1S/C29H30O4/c30-27-23(13-10-20-8-11-22(12-9-20)21-6-2-1-3-7-21)19-33-26-18-24(14-15-25(26)27)29(28(31)32)16-4-5-17-29/h1-3,6-9,11-12,14-15,18,23,27,30H,4-5,10,13,16-17,19H2,(H,31,32)/t23-,27+/m0/s1. The quantitative estimate of drug-likeness (QED) is 0.497. The third-order valence-electron chi connectivity index (χ3n) is 7.52. The van der Waals surface area contributed by atoms with Crippen LogP contribution in [0, 0.1) is 5.92 Å². The van der Waals surface area contributed by atoms with Gasteiger partial charge in [0, 0.05) is 11.5 Å². The number of hydrogen-bond donors (Lipinski definition) is 2. The van der Waals surface area contributed by atoms with Gasteiger partial charge in [0.1, 0.15) is 5.75 Å². The normalized spacial score (nSPS) is 21.2. The molecule has 1 aliphatic heterocycles. The molecule has 1 heterocycles. The Balaban J connectivity index is 1.26. The molecule has 0 spiro atoms. The fourth-order valence-electron chi connectivity index (χ4n) is 5.44. The Kier molecular flexibility index (Phi) is 5.94. The van der Waals surface area contributed by atoms with Crippen LogP contribution in [-0.2, 0) is 16.6 Å². The zero-order valence-corrected chi connectivity index (χ0v) is 18.7. The number of rotatable bonds is 6. The number of aliphatic hydroxyl groups excluding tert-OH is 1. The second kappa shape index (κ2) is 9.03. The zero-order chi connectivity index (χ0) is 22.8. The van der Waals surface area contributed by atoms with E-state index in [4.69, 9.17) is 4.74 Å². The summed E-state index contributed by atoms with van der Waals surface area (Å²) in [7, 11) is 0. The van der Waals surface area contributed by atoms with E-state index >= 15 is 0 Å². The molecule has 170 valence electrons. The van der Waals surface area contributed by atoms with Crippen molar-refractivity contribution in [1.29, 1.82) is 0 Å². The van der Waals surface area contributed by atoms with Crippen molar-refractivity contribution in [2.45, 2.75) is 50.0 Å². The van der Waals surface area contributed by atoms with Crippen molar-refractivity contribution in [3.05, 3.63) is 89.5 Å². The van der Waals surface area contributed by atoms with Gasteiger partial charge in [-0.25, -0.2) is 0 Å². The summed E-state index contributed by atoms with van der Waals surface area (Å²) in [6.45, 7) is 0.444. The molecule has 1 saturated carbocycles. The molecule has 0 aromatic heterocycles. The lowest BCUT2D eigenvalue weighted by Crippen LogP contribution is -2.33. The SMILES string of the molecule is O=C(O)C1(c2ccc3c(c2)OC[C@H](CCc2ccc(-c4ccccc4)cc2)[C@H]3O)CCCC1.